The van der Waals surface area contributed by atoms with Crippen molar-refractivity contribution in [2.24, 2.45) is 0 Å². The largest absolute Gasteiger partial charge is 0.331 e. The summed E-state index contributed by atoms with van der Waals surface area (Å²) < 4.78 is 2.55. The number of pyridine rings is 1. The second-order valence-electron chi connectivity index (χ2n) is 3.73. The Morgan fingerprint density at radius 1 is 1.40 bits per heavy atom. The van der Waals surface area contributed by atoms with Gasteiger partial charge in [-0.2, -0.15) is 5.10 Å². The molecule has 0 unspecified atom stereocenters. The van der Waals surface area contributed by atoms with E-state index in [-0.39, 0.29) is 0 Å². The van der Waals surface area contributed by atoms with Crippen LogP contribution in [-0.4, -0.2) is 14.8 Å². The van der Waals surface area contributed by atoms with Gasteiger partial charge < -0.3 is 4.98 Å². The minimum atomic E-state index is 0.445. The molecule has 0 spiro atoms. The van der Waals surface area contributed by atoms with E-state index in [0.29, 0.717) is 5.92 Å². The Hall–Kier alpha value is -1.42. The summed E-state index contributed by atoms with van der Waals surface area (Å²) in [7, 11) is 0. The van der Waals surface area contributed by atoms with Gasteiger partial charge in [-0.15, -0.1) is 0 Å². The van der Waals surface area contributed by atoms with Gasteiger partial charge in [0.1, 0.15) is 10.5 Å². The summed E-state index contributed by atoms with van der Waals surface area (Å²) in [6.07, 6.45) is 3.63. The van der Waals surface area contributed by atoms with Gasteiger partial charge in [-0.1, -0.05) is 32.1 Å². The third kappa shape index (κ3) is 1.99. The first-order valence-electron chi connectivity index (χ1n) is 4.91. The fourth-order valence-corrected chi connectivity index (χ4v) is 1.88. The van der Waals surface area contributed by atoms with Crippen molar-refractivity contribution in [3.63, 3.8) is 0 Å². The van der Waals surface area contributed by atoms with Crippen molar-refractivity contribution in [1.82, 2.24) is 14.8 Å². The molecule has 4 heteroatoms. The van der Waals surface area contributed by atoms with Crippen LogP contribution in [0.5, 0.6) is 0 Å². The molecule has 0 atom stereocenters. The Balaban J connectivity index is 2.47. The maximum atomic E-state index is 5.29. The molecule has 78 valence electrons. The van der Waals surface area contributed by atoms with Crippen molar-refractivity contribution in [3.05, 3.63) is 40.8 Å². The number of aromatic amines is 1. The molecule has 0 bridgehead atoms. The lowest BCUT2D eigenvalue weighted by atomic mass is 10.1. The zero-order valence-electron chi connectivity index (χ0n) is 8.77. The highest BCUT2D eigenvalue weighted by atomic mass is 32.1. The topological polar surface area (TPSA) is 33.6 Å². The molecular weight excluding hydrogens is 206 g/mol. The Morgan fingerprint density at radius 3 is 2.73 bits per heavy atom. The predicted octanol–water partition coefficient (Wildman–Crippen LogP) is 3.05. The maximum Gasteiger partial charge on any atom is 0.132 e. The second-order valence-corrected chi connectivity index (χ2v) is 4.14. The molecule has 2 rings (SSSR count). The fraction of sp³-hybridized carbons (Fsp3) is 0.273. The molecule has 0 aliphatic rings. The van der Waals surface area contributed by atoms with E-state index in [4.69, 9.17) is 12.2 Å². The van der Waals surface area contributed by atoms with Gasteiger partial charge in [0.05, 0.1) is 0 Å². The molecule has 0 fully saturated rings. The zero-order chi connectivity index (χ0) is 10.8. The minimum absolute atomic E-state index is 0.445. The second kappa shape index (κ2) is 3.98. The monoisotopic (exact) mass is 219 g/mol. The van der Waals surface area contributed by atoms with Crippen LogP contribution < -0.4 is 0 Å². The van der Waals surface area contributed by atoms with E-state index in [9.17, 15) is 0 Å². The number of H-pyrrole nitrogens is 1. The van der Waals surface area contributed by atoms with Gasteiger partial charge in [-0.3, -0.25) is 0 Å². The van der Waals surface area contributed by atoms with E-state index < -0.39 is 0 Å². The standard InChI is InChI=1S/C11H13N3S/c1-8(2)9-4-5-10(13-11(9)15)14-7-3-6-12-14/h3-8H,1-2H3,(H,13,15). The highest BCUT2D eigenvalue weighted by Crippen LogP contribution is 2.16. The molecule has 0 saturated carbocycles. The SMILES string of the molecule is CC(C)c1ccc(-n2cccn2)[nH]c1=S. The molecule has 0 aromatic carbocycles. The molecule has 0 radical (unpaired) electrons. The number of aromatic nitrogens is 3. The Labute approximate surface area is 93.8 Å². The predicted molar refractivity (Wildman–Crippen MR) is 62.8 cm³/mol. The van der Waals surface area contributed by atoms with Crippen molar-refractivity contribution >= 4 is 12.2 Å². The lowest BCUT2D eigenvalue weighted by Crippen LogP contribution is -2.00. The van der Waals surface area contributed by atoms with E-state index in [2.05, 4.69) is 30.0 Å². The van der Waals surface area contributed by atoms with Gasteiger partial charge in [0.2, 0.25) is 0 Å². The number of nitrogens with one attached hydrogen (secondary N) is 1. The minimum Gasteiger partial charge on any atom is -0.331 e. The van der Waals surface area contributed by atoms with Crippen LogP contribution >= 0.6 is 12.2 Å². The van der Waals surface area contributed by atoms with Crippen molar-refractivity contribution in [3.8, 4) is 5.82 Å². The molecule has 15 heavy (non-hydrogen) atoms. The summed E-state index contributed by atoms with van der Waals surface area (Å²) in [6.45, 7) is 4.26. The third-order valence-corrected chi connectivity index (χ3v) is 2.64. The van der Waals surface area contributed by atoms with Gasteiger partial charge in [-0.25, -0.2) is 4.68 Å². The quantitative estimate of drug-likeness (QED) is 0.788. The van der Waals surface area contributed by atoms with Crippen LogP contribution in [0.15, 0.2) is 30.6 Å². The third-order valence-electron chi connectivity index (χ3n) is 2.30. The Morgan fingerprint density at radius 2 is 2.20 bits per heavy atom. The number of hydrogen-bond donors (Lipinski definition) is 1. The molecule has 3 nitrogen and oxygen atoms in total. The smallest absolute Gasteiger partial charge is 0.132 e. The van der Waals surface area contributed by atoms with Gasteiger partial charge >= 0.3 is 0 Å². The van der Waals surface area contributed by atoms with Crippen LogP contribution in [0, 0.1) is 4.64 Å². The highest BCUT2D eigenvalue weighted by molar-refractivity contribution is 7.71. The van der Waals surface area contributed by atoms with Gasteiger partial charge in [0.15, 0.2) is 0 Å². The average Bonchev–Trinajstić information content (AvgIpc) is 2.69. The van der Waals surface area contributed by atoms with E-state index in [0.717, 1.165) is 10.5 Å². The number of rotatable bonds is 2. The number of hydrogen-bond acceptors (Lipinski definition) is 2. The molecule has 0 aliphatic carbocycles. The molecule has 0 amide bonds. The van der Waals surface area contributed by atoms with E-state index >= 15 is 0 Å². The average molecular weight is 219 g/mol. The first-order chi connectivity index (χ1) is 7.18. The summed E-state index contributed by atoms with van der Waals surface area (Å²) >= 11 is 5.29. The Kier molecular flexibility index (Phi) is 2.68. The van der Waals surface area contributed by atoms with E-state index in [1.807, 2.05) is 18.3 Å². The molecule has 2 heterocycles. The molecule has 2 aromatic rings. The van der Waals surface area contributed by atoms with E-state index in [1.54, 1.807) is 10.9 Å². The van der Waals surface area contributed by atoms with Crippen LogP contribution in [-0.2, 0) is 0 Å². The summed E-state index contributed by atoms with van der Waals surface area (Å²) in [6, 6.07) is 5.94. The van der Waals surface area contributed by atoms with Crippen LogP contribution in [0.4, 0.5) is 0 Å². The molecule has 2 aromatic heterocycles. The molecule has 0 aliphatic heterocycles. The van der Waals surface area contributed by atoms with Crippen LogP contribution in [0.3, 0.4) is 0 Å². The number of nitrogens with zero attached hydrogens (tertiary/aromatic N) is 2. The van der Waals surface area contributed by atoms with Gasteiger partial charge in [-0.05, 0) is 23.6 Å². The molecular formula is C11H13N3S. The van der Waals surface area contributed by atoms with Crippen LogP contribution in [0.2, 0.25) is 0 Å². The lowest BCUT2D eigenvalue weighted by Gasteiger charge is -2.07. The summed E-state index contributed by atoms with van der Waals surface area (Å²) in [4.78, 5) is 3.17. The van der Waals surface area contributed by atoms with Crippen molar-refractivity contribution in [1.29, 1.82) is 0 Å². The molecule has 1 N–H and O–H groups in total. The molecule has 0 saturated heterocycles. The van der Waals surface area contributed by atoms with Crippen molar-refractivity contribution in [2.75, 3.05) is 0 Å². The Bertz CT molecular complexity index is 497. The van der Waals surface area contributed by atoms with Crippen LogP contribution in [0.1, 0.15) is 25.3 Å². The fourth-order valence-electron chi connectivity index (χ4n) is 1.47. The van der Waals surface area contributed by atoms with Gasteiger partial charge in [0, 0.05) is 12.4 Å². The van der Waals surface area contributed by atoms with Crippen molar-refractivity contribution in [2.45, 2.75) is 19.8 Å². The van der Waals surface area contributed by atoms with Gasteiger partial charge in [0.25, 0.3) is 0 Å². The highest BCUT2D eigenvalue weighted by Gasteiger charge is 2.03. The van der Waals surface area contributed by atoms with Crippen LogP contribution in [0.25, 0.3) is 5.82 Å². The maximum absolute atomic E-state index is 5.29. The summed E-state index contributed by atoms with van der Waals surface area (Å²) in [5.41, 5.74) is 1.17. The van der Waals surface area contributed by atoms with E-state index in [1.165, 1.54) is 5.56 Å². The first-order valence-corrected chi connectivity index (χ1v) is 5.32. The zero-order valence-corrected chi connectivity index (χ0v) is 9.58. The summed E-state index contributed by atoms with van der Waals surface area (Å²) in [5.74, 6) is 1.34. The first kappa shape index (κ1) is 10.1. The lowest BCUT2D eigenvalue weighted by molar-refractivity contribution is 0.817. The summed E-state index contributed by atoms with van der Waals surface area (Å²) in [5, 5.41) is 4.14. The normalized spacial score (nSPS) is 10.9. The van der Waals surface area contributed by atoms with Crippen molar-refractivity contribution < 1.29 is 0 Å².